The second-order valence-electron chi connectivity index (χ2n) is 9.08. The summed E-state index contributed by atoms with van der Waals surface area (Å²) in [5, 5.41) is 6.88. The topological polar surface area (TPSA) is 70.0 Å². The number of rotatable bonds is 7. The molecule has 2 aromatic rings. The first-order valence-corrected chi connectivity index (χ1v) is 12.0. The van der Waals surface area contributed by atoms with E-state index in [1.807, 2.05) is 24.3 Å². The Bertz CT molecular complexity index is 990. The van der Waals surface area contributed by atoms with Gasteiger partial charge in [-0.1, -0.05) is 6.07 Å². The molecule has 2 saturated heterocycles. The molecule has 0 radical (unpaired) electrons. The van der Waals surface area contributed by atoms with Crippen molar-refractivity contribution in [3.63, 3.8) is 0 Å². The Morgan fingerprint density at radius 2 is 2.00 bits per heavy atom. The van der Waals surface area contributed by atoms with Crippen LogP contribution in [0, 0.1) is 5.82 Å². The zero-order valence-electron chi connectivity index (χ0n) is 18.5. The predicted octanol–water partition coefficient (Wildman–Crippen LogP) is 3.75. The molecule has 3 heterocycles. The summed E-state index contributed by atoms with van der Waals surface area (Å²) >= 11 is 5.25. The minimum absolute atomic E-state index is 0.175. The van der Waals surface area contributed by atoms with Crippen molar-refractivity contribution in [2.45, 2.75) is 50.3 Å². The summed E-state index contributed by atoms with van der Waals surface area (Å²) in [6.07, 6.45) is 4.96. The fourth-order valence-corrected chi connectivity index (χ4v) is 4.80. The second-order valence-corrected chi connectivity index (χ2v) is 9.49. The van der Waals surface area contributed by atoms with Crippen LogP contribution < -0.4 is 15.5 Å². The van der Waals surface area contributed by atoms with Crippen LogP contribution in [0.3, 0.4) is 0 Å². The fraction of sp³-hybridized carbons (Fsp3) is 0.500. The van der Waals surface area contributed by atoms with Crippen LogP contribution in [0.2, 0.25) is 0 Å². The lowest BCUT2D eigenvalue weighted by atomic mass is 9.89. The number of anilines is 1. The van der Waals surface area contributed by atoms with Gasteiger partial charge in [0.05, 0.1) is 31.6 Å². The number of nitrogens with zero attached hydrogens (tertiary/aromatic N) is 2. The van der Waals surface area contributed by atoms with E-state index in [4.69, 9.17) is 21.4 Å². The Morgan fingerprint density at radius 3 is 2.70 bits per heavy atom. The number of ether oxygens (including phenoxy) is 1. The number of hydrogen-bond donors (Lipinski definition) is 2. The second kappa shape index (κ2) is 9.69. The maximum Gasteiger partial charge on any atom is 0.414 e. The molecule has 3 fully saturated rings. The van der Waals surface area contributed by atoms with Crippen molar-refractivity contribution in [1.29, 1.82) is 0 Å². The van der Waals surface area contributed by atoms with Gasteiger partial charge in [0.2, 0.25) is 0 Å². The van der Waals surface area contributed by atoms with Crippen LogP contribution in [0.25, 0.3) is 0 Å². The molecule has 2 N–H and O–H groups in total. The van der Waals surface area contributed by atoms with Crippen molar-refractivity contribution in [1.82, 2.24) is 15.5 Å². The van der Waals surface area contributed by atoms with Crippen molar-refractivity contribution in [2.75, 3.05) is 31.1 Å². The summed E-state index contributed by atoms with van der Waals surface area (Å²) in [7, 11) is 0. The number of piperidine rings is 1. The number of carbonyl (C=O) groups excluding carboxylic acids is 1. The minimum atomic E-state index is -0.457. The zero-order valence-corrected chi connectivity index (χ0v) is 19.3. The third-order valence-corrected chi connectivity index (χ3v) is 6.82. The number of amides is 1. The van der Waals surface area contributed by atoms with E-state index in [2.05, 4.69) is 15.5 Å². The smallest absolute Gasteiger partial charge is 0.414 e. The summed E-state index contributed by atoms with van der Waals surface area (Å²) in [5.74, 6) is 0.867. The van der Waals surface area contributed by atoms with E-state index < -0.39 is 6.09 Å². The summed E-state index contributed by atoms with van der Waals surface area (Å²) < 4.78 is 25.9. The molecule has 176 valence electrons. The van der Waals surface area contributed by atoms with E-state index in [1.165, 1.54) is 11.0 Å². The van der Waals surface area contributed by atoms with Gasteiger partial charge in [-0.3, -0.25) is 9.80 Å². The molecule has 7 nitrogen and oxygen atoms in total. The summed E-state index contributed by atoms with van der Waals surface area (Å²) in [6.45, 7) is 3.38. The molecule has 33 heavy (non-hydrogen) atoms. The van der Waals surface area contributed by atoms with Crippen molar-refractivity contribution in [2.24, 2.45) is 0 Å². The Hall–Kier alpha value is -2.65. The lowest BCUT2D eigenvalue weighted by Gasteiger charge is -2.31. The molecule has 1 atom stereocenters. The quantitative estimate of drug-likeness (QED) is 0.595. The average Bonchev–Trinajstić information content (AvgIpc) is 3.31. The highest BCUT2D eigenvalue weighted by molar-refractivity contribution is 7.80. The maximum atomic E-state index is 15.1. The molecule has 0 spiro atoms. The fourth-order valence-electron chi connectivity index (χ4n) is 4.55. The van der Waals surface area contributed by atoms with E-state index in [1.54, 1.807) is 6.26 Å². The van der Waals surface area contributed by atoms with Crippen LogP contribution in [-0.4, -0.2) is 54.4 Å². The lowest BCUT2D eigenvalue weighted by Crippen LogP contribution is -2.41. The van der Waals surface area contributed by atoms with Gasteiger partial charge in [0, 0.05) is 6.04 Å². The third-order valence-electron chi connectivity index (χ3n) is 6.56. The standard InChI is InChI=1S/C24H29FN4O3S/c25-22-12-18(29-15-20(32-24(29)30)13-26-23(33)27-17-3-4-17)5-6-21(22)16-7-9-28(10-8-16)14-19-2-1-11-31-19/h1-2,5-6,11-12,16-17,20H,3-4,7-10,13-15H2,(H2,26,27,33). The summed E-state index contributed by atoms with van der Waals surface area (Å²) in [5.41, 5.74) is 1.25. The molecule has 1 saturated carbocycles. The van der Waals surface area contributed by atoms with Crippen LogP contribution in [0.4, 0.5) is 14.9 Å². The zero-order chi connectivity index (χ0) is 22.8. The number of carbonyl (C=O) groups is 1. The van der Waals surface area contributed by atoms with Gasteiger partial charge in [-0.05, 0) is 86.7 Å². The Kier molecular flexibility index (Phi) is 6.50. The molecule has 1 unspecified atom stereocenters. The Balaban J connectivity index is 1.14. The number of likely N-dealkylation sites (tertiary alicyclic amines) is 1. The summed E-state index contributed by atoms with van der Waals surface area (Å²) in [4.78, 5) is 16.2. The van der Waals surface area contributed by atoms with Crippen molar-refractivity contribution >= 4 is 29.1 Å². The van der Waals surface area contributed by atoms with Crippen LogP contribution >= 0.6 is 12.2 Å². The summed E-state index contributed by atoms with van der Waals surface area (Å²) in [6, 6.07) is 9.45. The average molecular weight is 473 g/mol. The van der Waals surface area contributed by atoms with Gasteiger partial charge in [-0.15, -0.1) is 0 Å². The molecule has 2 aliphatic heterocycles. The van der Waals surface area contributed by atoms with E-state index >= 15 is 4.39 Å². The molecule has 3 aliphatic rings. The van der Waals surface area contributed by atoms with Crippen LogP contribution in [-0.2, 0) is 11.3 Å². The highest BCUT2D eigenvalue weighted by Gasteiger charge is 2.33. The van der Waals surface area contributed by atoms with Crippen LogP contribution in [0.5, 0.6) is 0 Å². The number of benzene rings is 1. The molecule has 9 heteroatoms. The van der Waals surface area contributed by atoms with Crippen molar-refractivity contribution in [3.05, 3.63) is 53.7 Å². The number of thiocarbonyl (C=S) groups is 1. The molecule has 1 aliphatic carbocycles. The van der Waals surface area contributed by atoms with E-state index in [0.29, 0.717) is 29.9 Å². The highest BCUT2D eigenvalue weighted by Crippen LogP contribution is 2.33. The van der Waals surface area contributed by atoms with E-state index in [-0.39, 0.29) is 17.8 Å². The predicted molar refractivity (Wildman–Crippen MR) is 127 cm³/mol. The molecular formula is C24H29FN4O3S. The molecular weight excluding hydrogens is 443 g/mol. The van der Waals surface area contributed by atoms with Gasteiger partial charge in [-0.25, -0.2) is 9.18 Å². The molecule has 5 rings (SSSR count). The van der Waals surface area contributed by atoms with Gasteiger partial charge in [-0.2, -0.15) is 0 Å². The number of cyclic esters (lactones) is 1. The Labute approximate surface area is 198 Å². The maximum absolute atomic E-state index is 15.1. The highest BCUT2D eigenvalue weighted by atomic mass is 32.1. The number of hydrogen-bond acceptors (Lipinski definition) is 5. The largest absolute Gasteiger partial charge is 0.468 e. The normalized spacial score (nSPS) is 21.8. The molecule has 1 aromatic carbocycles. The molecule has 1 aromatic heterocycles. The monoisotopic (exact) mass is 472 g/mol. The van der Waals surface area contributed by atoms with Crippen LogP contribution in [0.15, 0.2) is 41.0 Å². The minimum Gasteiger partial charge on any atom is -0.468 e. The SMILES string of the molecule is O=C1OC(CNC(=S)NC2CC2)CN1c1ccc(C2CCN(Cc3ccco3)CC2)c(F)c1. The van der Waals surface area contributed by atoms with Gasteiger partial charge in [0.15, 0.2) is 5.11 Å². The third kappa shape index (κ3) is 5.47. The number of nitrogens with one attached hydrogen (secondary N) is 2. The molecule has 1 amide bonds. The molecule has 0 bridgehead atoms. The van der Waals surface area contributed by atoms with Crippen molar-refractivity contribution < 1.29 is 18.3 Å². The van der Waals surface area contributed by atoms with Gasteiger partial charge < -0.3 is 19.8 Å². The van der Waals surface area contributed by atoms with Crippen molar-refractivity contribution in [3.8, 4) is 0 Å². The van der Waals surface area contributed by atoms with Gasteiger partial charge in [0.25, 0.3) is 0 Å². The van der Waals surface area contributed by atoms with E-state index in [9.17, 15) is 4.79 Å². The number of halogens is 1. The number of furan rings is 1. The van der Waals surface area contributed by atoms with Gasteiger partial charge >= 0.3 is 6.09 Å². The first kappa shape index (κ1) is 22.2. The van der Waals surface area contributed by atoms with Crippen LogP contribution in [0.1, 0.15) is 42.9 Å². The Morgan fingerprint density at radius 1 is 1.18 bits per heavy atom. The lowest BCUT2D eigenvalue weighted by molar-refractivity contribution is 0.143. The van der Waals surface area contributed by atoms with Gasteiger partial charge in [0.1, 0.15) is 17.7 Å². The first-order chi connectivity index (χ1) is 16.0. The first-order valence-electron chi connectivity index (χ1n) is 11.6. The van der Waals surface area contributed by atoms with E-state index in [0.717, 1.165) is 56.6 Å².